The monoisotopic (exact) mass is 233 g/mol. The van der Waals surface area contributed by atoms with Crippen LogP contribution >= 0.6 is 0 Å². The quantitative estimate of drug-likeness (QED) is 0.837. The molecule has 92 valence electrons. The van der Waals surface area contributed by atoms with E-state index in [-0.39, 0.29) is 6.03 Å². The topological polar surface area (TPSA) is 58.4 Å². The summed E-state index contributed by atoms with van der Waals surface area (Å²) >= 11 is 0. The van der Waals surface area contributed by atoms with E-state index in [1.54, 1.807) is 0 Å². The maximum absolute atomic E-state index is 11.9. The molecule has 1 aromatic rings. The van der Waals surface area contributed by atoms with Gasteiger partial charge in [-0.15, -0.1) is 0 Å². The molecule has 4 heteroatoms. The molecule has 2 amide bonds. The van der Waals surface area contributed by atoms with E-state index >= 15 is 0 Å². The summed E-state index contributed by atoms with van der Waals surface area (Å²) in [6.45, 7) is 2.37. The summed E-state index contributed by atoms with van der Waals surface area (Å²) in [4.78, 5) is 13.8. The van der Waals surface area contributed by atoms with Crippen LogP contribution in [0.5, 0.6) is 0 Å². The van der Waals surface area contributed by atoms with Crippen molar-refractivity contribution in [1.29, 1.82) is 0 Å². The van der Waals surface area contributed by atoms with Crippen LogP contribution in [0.2, 0.25) is 0 Å². The number of rotatable bonds is 3. The largest absolute Gasteiger partial charge is 0.330 e. The third-order valence-corrected chi connectivity index (χ3v) is 3.17. The van der Waals surface area contributed by atoms with Gasteiger partial charge in [0.25, 0.3) is 0 Å². The van der Waals surface area contributed by atoms with Gasteiger partial charge in [-0.2, -0.15) is 0 Å². The highest BCUT2D eigenvalue weighted by atomic mass is 16.2. The minimum atomic E-state index is -0.00396. The molecule has 0 aliphatic carbocycles. The minimum absolute atomic E-state index is 0.00396. The molecular weight excluding hydrogens is 214 g/mol. The van der Waals surface area contributed by atoms with Crippen molar-refractivity contribution in [3.63, 3.8) is 0 Å². The van der Waals surface area contributed by atoms with Crippen molar-refractivity contribution in [2.75, 3.05) is 25.0 Å². The first-order chi connectivity index (χ1) is 8.29. The second-order valence-electron chi connectivity index (χ2n) is 4.47. The van der Waals surface area contributed by atoms with Gasteiger partial charge >= 0.3 is 6.03 Å². The number of benzene rings is 1. The van der Waals surface area contributed by atoms with Crippen molar-refractivity contribution in [2.45, 2.75) is 12.8 Å². The molecule has 17 heavy (non-hydrogen) atoms. The average Bonchev–Trinajstić information content (AvgIpc) is 2.79. The molecule has 4 nitrogen and oxygen atoms in total. The van der Waals surface area contributed by atoms with Crippen molar-refractivity contribution in [2.24, 2.45) is 11.7 Å². The molecule has 0 saturated carbocycles. The number of anilines is 1. The zero-order valence-electron chi connectivity index (χ0n) is 9.93. The van der Waals surface area contributed by atoms with Crippen LogP contribution in [0.25, 0.3) is 0 Å². The van der Waals surface area contributed by atoms with Gasteiger partial charge in [0.05, 0.1) is 0 Å². The van der Waals surface area contributed by atoms with Gasteiger partial charge in [-0.3, -0.25) is 0 Å². The first-order valence-corrected chi connectivity index (χ1v) is 6.10. The number of urea groups is 1. The Morgan fingerprint density at radius 1 is 1.41 bits per heavy atom. The number of para-hydroxylation sites is 1. The number of hydrogen-bond acceptors (Lipinski definition) is 2. The van der Waals surface area contributed by atoms with Gasteiger partial charge in [-0.05, 0) is 37.4 Å². The van der Waals surface area contributed by atoms with Gasteiger partial charge < -0.3 is 16.0 Å². The Balaban J connectivity index is 1.85. The van der Waals surface area contributed by atoms with E-state index in [2.05, 4.69) is 5.32 Å². The fourth-order valence-corrected chi connectivity index (χ4v) is 2.21. The molecule has 0 spiro atoms. The predicted octanol–water partition coefficient (Wildman–Crippen LogP) is 1.89. The van der Waals surface area contributed by atoms with Gasteiger partial charge in [0.15, 0.2) is 0 Å². The average molecular weight is 233 g/mol. The Morgan fingerprint density at radius 2 is 2.18 bits per heavy atom. The summed E-state index contributed by atoms with van der Waals surface area (Å²) in [7, 11) is 0. The molecule has 1 unspecified atom stereocenters. The summed E-state index contributed by atoms with van der Waals surface area (Å²) in [5.41, 5.74) is 6.38. The highest BCUT2D eigenvalue weighted by Crippen LogP contribution is 2.19. The van der Waals surface area contributed by atoms with Crippen molar-refractivity contribution >= 4 is 11.7 Å². The summed E-state index contributed by atoms with van der Waals surface area (Å²) in [5.74, 6) is 0.571. The van der Waals surface area contributed by atoms with Crippen LogP contribution in [0.1, 0.15) is 12.8 Å². The van der Waals surface area contributed by atoms with Crippen LogP contribution in [-0.2, 0) is 0 Å². The van der Waals surface area contributed by atoms with Crippen LogP contribution in [0.15, 0.2) is 30.3 Å². The van der Waals surface area contributed by atoms with Crippen LogP contribution in [0, 0.1) is 5.92 Å². The molecule has 0 aromatic heterocycles. The lowest BCUT2D eigenvalue weighted by atomic mass is 10.1. The van der Waals surface area contributed by atoms with E-state index in [9.17, 15) is 4.79 Å². The standard InChI is InChI=1S/C13H19N3O/c14-8-6-11-7-9-16(10-11)13(17)15-12-4-2-1-3-5-12/h1-5,11H,6-10,14H2,(H,15,17). The molecule has 1 saturated heterocycles. The number of nitrogens with zero attached hydrogens (tertiary/aromatic N) is 1. The number of carbonyl (C=O) groups excluding carboxylic acids is 1. The summed E-state index contributed by atoms with van der Waals surface area (Å²) in [6.07, 6.45) is 2.08. The van der Waals surface area contributed by atoms with Gasteiger partial charge in [0.1, 0.15) is 0 Å². The van der Waals surface area contributed by atoms with Crippen molar-refractivity contribution in [1.82, 2.24) is 4.90 Å². The summed E-state index contributed by atoms with van der Waals surface area (Å²) in [6, 6.07) is 9.54. The number of nitrogens with two attached hydrogens (primary N) is 1. The summed E-state index contributed by atoms with van der Waals surface area (Å²) < 4.78 is 0. The van der Waals surface area contributed by atoms with E-state index in [0.717, 1.165) is 31.6 Å². The smallest absolute Gasteiger partial charge is 0.321 e. The maximum Gasteiger partial charge on any atom is 0.321 e. The van der Waals surface area contributed by atoms with Gasteiger partial charge in [0, 0.05) is 18.8 Å². The first-order valence-electron chi connectivity index (χ1n) is 6.10. The fraction of sp³-hybridized carbons (Fsp3) is 0.462. The third kappa shape index (κ3) is 3.20. The Hall–Kier alpha value is -1.55. The van der Waals surface area contributed by atoms with Crippen molar-refractivity contribution in [3.05, 3.63) is 30.3 Å². The van der Waals surface area contributed by atoms with E-state index in [1.807, 2.05) is 35.2 Å². The van der Waals surface area contributed by atoms with Crippen molar-refractivity contribution in [3.8, 4) is 0 Å². The molecule has 0 bridgehead atoms. The highest BCUT2D eigenvalue weighted by molar-refractivity contribution is 5.89. The van der Waals surface area contributed by atoms with Crippen molar-refractivity contribution < 1.29 is 4.79 Å². The lowest BCUT2D eigenvalue weighted by Gasteiger charge is -2.17. The Bertz CT molecular complexity index is 366. The molecule has 2 rings (SSSR count). The SMILES string of the molecule is NCCC1CCN(C(=O)Nc2ccccc2)C1. The highest BCUT2D eigenvalue weighted by Gasteiger charge is 2.25. The van der Waals surface area contributed by atoms with E-state index in [4.69, 9.17) is 5.73 Å². The number of carbonyl (C=O) groups is 1. The minimum Gasteiger partial charge on any atom is -0.330 e. The number of amides is 2. The molecule has 1 aliphatic heterocycles. The normalized spacial score (nSPS) is 19.4. The van der Waals surface area contributed by atoms with E-state index in [0.29, 0.717) is 12.5 Å². The van der Waals surface area contributed by atoms with Crippen LogP contribution in [0.4, 0.5) is 10.5 Å². The lowest BCUT2D eigenvalue weighted by molar-refractivity contribution is 0.220. The zero-order valence-corrected chi connectivity index (χ0v) is 9.93. The first kappa shape index (κ1) is 11.9. The van der Waals surface area contributed by atoms with E-state index < -0.39 is 0 Å². The molecule has 1 aromatic carbocycles. The Labute approximate surface area is 102 Å². The molecule has 0 radical (unpaired) electrons. The number of likely N-dealkylation sites (tertiary alicyclic amines) is 1. The molecule has 1 fully saturated rings. The number of hydrogen-bond donors (Lipinski definition) is 2. The third-order valence-electron chi connectivity index (χ3n) is 3.17. The Kier molecular flexibility index (Phi) is 3.98. The lowest BCUT2D eigenvalue weighted by Crippen LogP contribution is -2.33. The van der Waals surface area contributed by atoms with Gasteiger partial charge in [0.2, 0.25) is 0 Å². The van der Waals surface area contributed by atoms with Crippen LogP contribution in [-0.4, -0.2) is 30.6 Å². The Morgan fingerprint density at radius 3 is 2.88 bits per heavy atom. The molecular formula is C13H19N3O. The number of nitrogens with one attached hydrogen (secondary N) is 1. The zero-order chi connectivity index (χ0) is 12.1. The summed E-state index contributed by atoms with van der Waals surface area (Å²) in [5, 5.41) is 2.90. The molecule has 3 N–H and O–H groups in total. The second kappa shape index (κ2) is 5.68. The molecule has 1 atom stereocenters. The maximum atomic E-state index is 11.9. The van der Waals surface area contributed by atoms with Gasteiger partial charge in [-0.1, -0.05) is 18.2 Å². The fourth-order valence-electron chi connectivity index (χ4n) is 2.21. The van der Waals surface area contributed by atoms with Crippen LogP contribution < -0.4 is 11.1 Å². The predicted molar refractivity (Wildman–Crippen MR) is 68.8 cm³/mol. The van der Waals surface area contributed by atoms with E-state index in [1.165, 1.54) is 0 Å². The van der Waals surface area contributed by atoms with Crippen LogP contribution in [0.3, 0.4) is 0 Å². The molecule has 1 heterocycles. The van der Waals surface area contributed by atoms with Gasteiger partial charge in [-0.25, -0.2) is 4.79 Å². The second-order valence-corrected chi connectivity index (χ2v) is 4.47. The molecule has 1 aliphatic rings.